The Morgan fingerprint density at radius 2 is 2.24 bits per heavy atom. The summed E-state index contributed by atoms with van der Waals surface area (Å²) in [6, 6.07) is 0.105. The maximum Gasteiger partial charge on any atom is 0.212 e. The van der Waals surface area contributed by atoms with E-state index in [2.05, 4.69) is 14.9 Å². The van der Waals surface area contributed by atoms with Crippen LogP contribution >= 0.6 is 0 Å². The smallest absolute Gasteiger partial charge is 0.212 e. The first kappa shape index (κ1) is 13.3. The summed E-state index contributed by atoms with van der Waals surface area (Å²) in [5, 5.41) is 3.21. The normalized spacial score (nSPS) is 31.8. The number of piperidine rings is 1. The molecular formula is C11H23N3O2S. The summed E-state index contributed by atoms with van der Waals surface area (Å²) in [5.74, 6) is 0.564. The van der Waals surface area contributed by atoms with Crippen molar-refractivity contribution in [2.75, 3.05) is 39.0 Å². The van der Waals surface area contributed by atoms with Crippen LogP contribution in [0.2, 0.25) is 0 Å². The fourth-order valence-corrected chi connectivity index (χ4v) is 4.43. The van der Waals surface area contributed by atoms with E-state index < -0.39 is 10.0 Å². The molecule has 0 aliphatic carbocycles. The van der Waals surface area contributed by atoms with Gasteiger partial charge in [-0.3, -0.25) is 0 Å². The molecule has 0 aromatic heterocycles. The first-order valence-electron chi connectivity index (χ1n) is 6.44. The van der Waals surface area contributed by atoms with Crippen molar-refractivity contribution in [2.24, 2.45) is 5.92 Å². The van der Waals surface area contributed by atoms with Gasteiger partial charge in [0.2, 0.25) is 10.0 Å². The van der Waals surface area contributed by atoms with Gasteiger partial charge in [0.05, 0.1) is 5.75 Å². The molecule has 0 bridgehead atoms. The third-order valence-electron chi connectivity index (χ3n) is 3.59. The summed E-state index contributed by atoms with van der Waals surface area (Å²) in [5.41, 5.74) is 0. The molecule has 0 aromatic rings. The van der Waals surface area contributed by atoms with E-state index in [1.54, 1.807) is 0 Å². The maximum atomic E-state index is 12.0. The highest BCUT2D eigenvalue weighted by molar-refractivity contribution is 7.89. The Labute approximate surface area is 104 Å². The third-order valence-corrected chi connectivity index (χ3v) is 5.19. The zero-order valence-corrected chi connectivity index (χ0v) is 11.3. The highest BCUT2D eigenvalue weighted by atomic mass is 32.2. The standard InChI is InChI=1S/C11H23N3O2S/c1-14-6-2-3-11(8-14)13-17(15,16)9-10-4-5-12-7-10/h10-13H,2-9H2,1H3. The van der Waals surface area contributed by atoms with Crippen LogP contribution in [0.5, 0.6) is 0 Å². The zero-order valence-electron chi connectivity index (χ0n) is 10.5. The molecule has 0 amide bonds. The van der Waals surface area contributed by atoms with Gasteiger partial charge >= 0.3 is 0 Å². The Kier molecular flexibility index (Phi) is 4.41. The van der Waals surface area contributed by atoms with E-state index in [4.69, 9.17) is 0 Å². The summed E-state index contributed by atoms with van der Waals surface area (Å²) in [4.78, 5) is 2.19. The number of hydrogen-bond donors (Lipinski definition) is 2. The fourth-order valence-electron chi connectivity index (χ4n) is 2.73. The molecule has 0 spiro atoms. The van der Waals surface area contributed by atoms with Gasteiger partial charge in [0, 0.05) is 12.6 Å². The lowest BCUT2D eigenvalue weighted by molar-refractivity contribution is 0.242. The number of nitrogens with zero attached hydrogens (tertiary/aromatic N) is 1. The van der Waals surface area contributed by atoms with Crippen molar-refractivity contribution in [3.05, 3.63) is 0 Å². The van der Waals surface area contributed by atoms with Crippen molar-refractivity contribution in [3.63, 3.8) is 0 Å². The lowest BCUT2D eigenvalue weighted by Crippen LogP contribution is -2.47. The van der Waals surface area contributed by atoms with Gasteiger partial charge in [0.25, 0.3) is 0 Å². The third kappa shape index (κ3) is 4.21. The number of rotatable bonds is 4. The van der Waals surface area contributed by atoms with Crippen LogP contribution in [0.3, 0.4) is 0 Å². The van der Waals surface area contributed by atoms with Crippen LogP contribution in [0.25, 0.3) is 0 Å². The van der Waals surface area contributed by atoms with Crippen molar-refractivity contribution in [2.45, 2.75) is 25.3 Å². The lowest BCUT2D eigenvalue weighted by atomic mass is 10.1. The van der Waals surface area contributed by atoms with Crippen molar-refractivity contribution >= 4 is 10.0 Å². The summed E-state index contributed by atoms with van der Waals surface area (Å²) < 4.78 is 26.9. The molecule has 0 aromatic carbocycles. The molecule has 2 atom stereocenters. The molecule has 2 heterocycles. The molecule has 0 saturated carbocycles. The Hall–Kier alpha value is -0.170. The van der Waals surface area contributed by atoms with Crippen LogP contribution in [0.4, 0.5) is 0 Å². The van der Waals surface area contributed by atoms with Crippen molar-refractivity contribution in [3.8, 4) is 0 Å². The van der Waals surface area contributed by atoms with Crippen LogP contribution < -0.4 is 10.0 Å². The van der Waals surface area contributed by atoms with Crippen LogP contribution in [-0.4, -0.2) is 58.3 Å². The summed E-state index contributed by atoms with van der Waals surface area (Å²) in [6.45, 7) is 3.70. The first-order valence-corrected chi connectivity index (χ1v) is 8.10. The van der Waals surface area contributed by atoms with Crippen molar-refractivity contribution in [1.82, 2.24) is 14.9 Å². The van der Waals surface area contributed by atoms with E-state index in [-0.39, 0.29) is 17.7 Å². The summed E-state index contributed by atoms with van der Waals surface area (Å²) >= 11 is 0. The van der Waals surface area contributed by atoms with E-state index >= 15 is 0 Å². The van der Waals surface area contributed by atoms with Crippen LogP contribution in [-0.2, 0) is 10.0 Å². The molecule has 5 nitrogen and oxygen atoms in total. The second-order valence-corrected chi connectivity index (χ2v) is 7.16. The highest BCUT2D eigenvalue weighted by Gasteiger charge is 2.26. The molecule has 2 aliphatic rings. The van der Waals surface area contributed by atoms with Crippen LogP contribution in [0.15, 0.2) is 0 Å². The second-order valence-electron chi connectivity index (χ2n) is 5.36. The molecule has 6 heteroatoms. The average Bonchev–Trinajstić information content (AvgIpc) is 2.68. The van der Waals surface area contributed by atoms with Crippen LogP contribution in [0.1, 0.15) is 19.3 Å². The van der Waals surface area contributed by atoms with E-state index in [0.717, 1.165) is 45.4 Å². The van der Waals surface area contributed by atoms with Gasteiger partial charge in [-0.1, -0.05) is 0 Å². The quantitative estimate of drug-likeness (QED) is 0.723. The number of likely N-dealkylation sites (tertiary alicyclic amines) is 1. The SMILES string of the molecule is CN1CCCC(NS(=O)(=O)CC2CCNC2)C1. The predicted octanol–water partition coefficient (Wildman–Crippen LogP) is -0.390. The van der Waals surface area contributed by atoms with Gasteiger partial charge in [-0.15, -0.1) is 0 Å². The molecule has 2 aliphatic heterocycles. The number of nitrogens with one attached hydrogen (secondary N) is 2. The van der Waals surface area contributed by atoms with Gasteiger partial charge in [-0.25, -0.2) is 13.1 Å². The largest absolute Gasteiger partial charge is 0.316 e. The minimum atomic E-state index is -3.10. The first-order chi connectivity index (χ1) is 8.05. The van der Waals surface area contributed by atoms with Crippen molar-refractivity contribution in [1.29, 1.82) is 0 Å². The Morgan fingerprint density at radius 3 is 2.88 bits per heavy atom. The topological polar surface area (TPSA) is 61.4 Å². The number of hydrogen-bond acceptors (Lipinski definition) is 4. The zero-order chi connectivity index (χ0) is 12.3. The van der Waals surface area contributed by atoms with Crippen LogP contribution in [0, 0.1) is 5.92 Å². The van der Waals surface area contributed by atoms with Gasteiger partial charge in [-0.05, 0) is 51.9 Å². The van der Waals surface area contributed by atoms with Crippen molar-refractivity contribution < 1.29 is 8.42 Å². The Balaban J connectivity index is 1.83. The molecule has 2 unspecified atom stereocenters. The molecular weight excluding hydrogens is 238 g/mol. The molecule has 0 radical (unpaired) electrons. The molecule has 17 heavy (non-hydrogen) atoms. The maximum absolute atomic E-state index is 12.0. The van der Waals surface area contributed by atoms with E-state index in [1.165, 1.54) is 0 Å². The molecule has 2 rings (SSSR count). The minimum Gasteiger partial charge on any atom is -0.316 e. The van der Waals surface area contributed by atoms with E-state index in [1.807, 2.05) is 7.05 Å². The van der Waals surface area contributed by atoms with E-state index in [9.17, 15) is 8.42 Å². The van der Waals surface area contributed by atoms with Gasteiger partial charge in [0.15, 0.2) is 0 Å². The number of likely N-dealkylation sites (N-methyl/N-ethyl adjacent to an activating group) is 1. The number of sulfonamides is 1. The average molecular weight is 261 g/mol. The second kappa shape index (κ2) is 5.65. The minimum absolute atomic E-state index is 0.105. The summed E-state index contributed by atoms with van der Waals surface area (Å²) in [7, 11) is -1.06. The predicted molar refractivity (Wildman–Crippen MR) is 68.4 cm³/mol. The Bertz CT molecular complexity index is 339. The van der Waals surface area contributed by atoms with Gasteiger partial charge < -0.3 is 10.2 Å². The Morgan fingerprint density at radius 1 is 1.41 bits per heavy atom. The fraction of sp³-hybridized carbons (Fsp3) is 1.00. The van der Waals surface area contributed by atoms with Gasteiger partial charge in [0.1, 0.15) is 0 Å². The molecule has 2 fully saturated rings. The lowest BCUT2D eigenvalue weighted by Gasteiger charge is -2.30. The monoisotopic (exact) mass is 261 g/mol. The molecule has 2 N–H and O–H groups in total. The summed E-state index contributed by atoms with van der Waals surface area (Å²) in [6.07, 6.45) is 3.02. The highest BCUT2D eigenvalue weighted by Crippen LogP contribution is 2.13. The molecule has 2 saturated heterocycles. The molecule has 100 valence electrons. The van der Waals surface area contributed by atoms with Gasteiger partial charge in [-0.2, -0.15) is 0 Å². The van der Waals surface area contributed by atoms with E-state index in [0.29, 0.717) is 0 Å².